The quantitative estimate of drug-likeness (QED) is 0.802. The predicted octanol–water partition coefficient (Wildman–Crippen LogP) is 1.09. The van der Waals surface area contributed by atoms with Crippen LogP contribution in [0.5, 0.6) is 0 Å². The highest BCUT2D eigenvalue weighted by atomic mass is 16.5. The van der Waals surface area contributed by atoms with Crippen molar-refractivity contribution in [1.29, 1.82) is 0 Å². The first-order valence-corrected chi connectivity index (χ1v) is 8.79. The third kappa shape index (κ3) is 4.05. The van der Waals surface area contributed by atoms with E-state index in [1.54, 1.807) is 17.0 Å². The highest BCUT2D eigenvalue weighted by Gasteiger charge is 2.35. The number of aliphatic hydroxyl groups is 2. The van der Waals surface area contributed by atoms with Crippen LogP contribution in [0.1, 0.15) is 21.8 Å². The molecular formula is C19H25N3O4. The molecule has 0 unspecified atom stereocenters. The summed E-state index contributed by atoms with van der Waals surface area (Å²) in [5, 5.41) is 23.2. The van der Waals surface area contributed by atoms with E-state index in [2.05, 4.69) is 5.16 Å². The summed E-state index contributed by atoms with van der Waals surface area (Å²) in [5.74, 6) is 0.593. The Bertz CT molecular complexity index is 743. The van der Waals surface area contributed by atoms with Gasteiger partial charge in [0, 0.05) is 56.3 Å². The lowest BCUT2D eigenvalue weighted by Gasteiger charge is -2.19. The molecule has 140 valence electrons. The summed E-state index contributed by atoms with van der Waals surface area (Å²) in [5.41, 5.74) is 2.34. The Morgan fingerprint density at radius 1 is 1.35 bits per heavy atom. The summed E-state index contributed by atoms with van der Waals surface area (Å²) in [6.45, 7) is 3.29. The van der Waals surface area contributed by atoms with E-state index in [-0.39, 0.29) is 18.4 Å². The van der Waals surface area contributed by atoms with Gasteiger partial charge in [0.25, 0.3) is 5.91 Å². The third-order valence-electron chi connectivity index (χ3n) is 4.82. The van der Waals surface area contributed by atoms with Crippen molar-refractivity contribution in [3.63, 3.8) is 0 Å². The van der Waals surface area contributed by atoms with Crippen LogP contribution in [0.25, 0.3) is 0 Å². The Labute approximate surface area is 152 Å². The van der Waals surface area contributed by atoms with Crippen LogP contribution in [-0.2, 0) is 6.42 Å². The van der Waals surface area contributed by atoms with Crippen molar-refractivity contribution in [1.82, 2.24) is 10.1 Å². The number of aryl methyl sites for hydroxylation is 1. The molecule has 1 saturated heterocycles. The molecule has 1 aliphatic rings. The summed E-state index contributed by atoms with van der Waals surface area (Å²) in [6.07, 6.45) is -0.00393. The number of likely N-dealkylation sites (N-methyl/N-ethyl adjacent to an activating group) is 1. The molecule has 1 aromatic carbocycles. The number of anilines is 1. The molecule has 0 bridgehead atoms. The number of benzene rings is 1. The molecule has 1 aliphatic heterocycles. The molecule has 0 radical (unpaired) electrons. The van der Waals surface area contributed by atoms with Gasteiger partial charge in [0.2, 0.25) is 0 Å². The number of β-amino-alcohol motifs (C(OH)–C–C–N with tert-alkyl or cyclic N) is 1. The summed E-state index contributed by atoms with van der Waals surface area (Å²) < 4.78 is 5.22. The number of nitrogens with zero attached hydrogens (tertiary/aromatic N) is 3. The third-order valence-corrected chi connectivity index (χ3v) is 4.82. The second kappa shape index (κ2) is 7.88. The van der Waals surface area contributed by atoms with Crippen LogP contribution >= 0.6 is 0 Å². The van der Waals surface area contributed by atoms with Gasteiger partial charge in [0.05, 0.1) is 18.4 Å². The molecule has 2 heterocycles. The van der Waals surface area contributed by atoms with E-state index in [4.69, 9.17) is 9.63 Å². The standard InChI is InChI=1S/C19H25N3O4/c1-13-9-17(26-20-13)10-15-11-22(12-18(15)24)19(25)14-3-5-16(6-4-14)21(2)7-8-23/h3-6,9,15,18,23-24H,7-8,10-12H2,1-2H3/t15-,18+/m1/s1. The summed E-state index contributed by atoms with van der Waals surface area (Å²) in [4.78, 5) is 16.3. The second-order valence-electron chi connectivity index (χ2n) is 6.87. The molecule has 2 atom stereocenters. The van der Waals surface area contributed by atoms with Crippen LogP contribution in [-0.4, -0.2) is 65.6 Å². The number of carbonyl (C=O) groups is 1. The molecule has 0 aliphatic carbocycles. The van der Waals surface area contributed by atoms with E-state index in [1.165, 1.54) is 0 Å². The minimum atomic E-state index is -0.570. The van der Waals surface area contributed by atoms with Crippen molar-refractivity contribution in [2.45, 2.75) is 19.4 Å². The molecule has 1 fully saturated rings. The topological polar surface area (TPSA) is 90.0 Å². The number of rotatable bonds is 6. The number of hydrogen-bond acceptors (Lipinski definition) is 6. The first kappa shape index (κ1) is 18.4. The summed E-state index contributed by atoms with van der Waals surface area (Å²) >= 11 is 0. The van der Waals surface area contributed by atoms with Crippen molar-refractivity contribution >= 4 is 11.6 Å². The summed E-state index contributed by atoms with van der Waals surface area (Å²) in [7, 11) is 1.89. The van der Waals surface area contributed by atoms with E-state index >= 15 is 0 Å². The fourth-order valence-corrected chi connectivity index (χ4v) is 3.31. The fourth-order valence-electron chi connectivity index (χ4n) is 3.31. The normalized spacial score (nSPS) is 19.8. The number of amides is 1. The van der Waals surface area contributed by atoms with Crippen LogP contribution in [0.3, 0.4) is 0 Å². The van der Waals surface area contributed by atoms with E-state index in [0.717, 1.165) is 17.1 Å². The first-order chi connectivity index (χ1) is 12.5. The first-order valence-electron chi connectivity index (χ1n) is 8.79. The lowest BCUT2D eigenvalue weighted by Crippen LogP contribution is -2.29. The fraction of sp³-hybridized carbons (Fsp3) is 0.474. The van der Waals surface area contributed by atoms with Gasteiger partial charge in [0.15, 0.2) is 0 Å². The molecular weight excluding hydrogens is 334 g/mol. The van der Waals surface area contributed by atoms with Gasteiger partial charge in [-0.05, 0) is 31.2 Å². The largest absolute Gasteiger partial charge is 0.395 e. The van der Waals surface area contributed by atoms with Crippen molar-refractivity contribution in [2.24, 2.45) is 5.92 Å². The van der Waals surface area contributed by atoms with Gasteiger partial charge in [-0.1, -0.05) is 5.16 Å². The molecule has 0 spiro atoms. The van der Waals surface area contributed by atoms with Gasteiger partial charge >= 0.3 is 0 Å². The van der Waals surface area contributed by atoms with Gasteiger partial charge in [-0.15, -0.1) is 0 Å². The smallest absolute Gasteiger partial charge is 0.253 e. The summed E-state index contributed by atoms with van der Waals surface area (Å²) in [6, 6.07) is 9.16. The zero-order valence-electron chi connectivity index (χ0n) is 15.1. The highest BCUT2D eigenvalue weighted by molar-refractivity contribution is 5.94. The lowest BCUT2D eigenvalue weighted by atomic mass is 10.0. The minimum absolute atomic E-state index is 0.0544. The highest BCUT2D eigenvalue weighted by Crippen LogP contribution is 2.24. The van der Waals surface area contributed by atoms with E-state index in [1.807, 2.05) is 37.1 Å². The molecule has 0 saturated carbocycles. The number of likely N-dealkylation sites (tertiary alicyclic amines) is 1. The number of aliphatic hydroxyl groups excluding tert-OH is 2. The Kier molecular flexibility index (Phi) is 5.58. The Morgan fingerprint density at radius 3 is 2.69 bits per heavy atom. The average Bonchev–Trinajstić information content (AvgIpc) is 3.21. The maximum atomic E-state index is 12.7. The molecule has 7 heteroatoms. The van der Waals surface area contributed by atoms with Gasteiger partial charge in [-0.25, -0.2) is 0 Å². The van der Waals surface area contributed by atoms with Crippen LogP contribution in [0, 0.1) is 12.8 Å². The van der Waals surface area contributed by atoms with Crippen molar-refractivity contribution in [3.8, 4) is 0 Å². The van der Waals surface area contributed by atoms with E-state index in [9.17, 15) is 9.90 Å². The van der Waals surface area contributed by atoms with Crippen molar-refractivity contribution in [3.05, 3.63) is 47.3 Å². The Balaban J connectivity index is 1.63. The molecule has 2 N–H and O–H groups in total. The van der Waals surface area contributed by atoms with Crippen LogP contribution in [0.2, 0.25) is 0 Å². The molecule has 1 aromatic heterocycles. The number of carbonyl (C=O) groups excluding carboxylic acids is 1. The Morgan fingerprint density at radius 2 is 2.08 bits per heavy atom. The maximum absolute atomic E-state index is 12.7. The molecule has 7 nitrogen and oxygen atoms in total. The monoisotopic (exact) mass is 359 g/mol. The van der Waals surface area contributed by atoms with Crippen molar-refractivity contribution < 1.29 is 19.5 Å². The minimum Gasteiger partial charge on any atom is -0.395 e. The predicted molar refractivity (Wildman–Crippen MR) is 97.1 cm³/mol. The SMILES string of the molecule is Cc1cc(C[C@@H]2CN(C(=O)c3ccc(N(C)CCO)cc3)C[C@@H]2O)on1. The molecule has 3 rings (SSSR count). The van der Waals surface area contributed by atoms with Gasteiger partial charge in [-0.2, -0.15) is 0 Å². The van der Waals surface area contributed by atoms with Gasteiger partial charge in [-0.3, -0.25) is 4.79 Å². The zero-order valence-corrected chi connectivity index (χ0v) is 15.1. The zero-order chi connectivity index (χ0) is 18.7. The number of hydrogen-bond donors (Lipinski definition) is 2. The van der Waals surface area contributed by atoms with Gasteiger partial charge in [0.1, 0.15) is 5.76 Å². The lowest BCUT2D eigenvalue weighted by molar-refractivity contribution is 0.0764. The molecule has 1 amide bonds. The van der Waals surface area contributed by atoms with E-state index < -0.39 is 6.10 Å². The van der Waals surface area contributed by atoms with Crippen LogP contribution in [0.15, 0.2) is 34.9 Å². The van der Waals surface area contributed by atoms with Crippen molar-refractivity contribution in [2.75, 3.05) is 38.2 Å². The molecule has 2 aromatic rings. The van der Waals surface area contributed by atoms with Crippen LogP contribution < -0.4 is 4.90 Å². The average molecular weight is 359 g/mol. The van der Waals surface area contributed by atoms with Gasteiger partial charge < -0.3 is 24.5 Å². The second-order valence-corrected chi connectivity index (χ2v) is 6.87. The Hall–Kier alpha value is -2.38. The van der Waals surface area contributed by atoms with Crippen LogP contribution in [0.4, 0.5) is 5.69 Å². The number of aromatic nitrogens is 1. The van der Waals surface area contributed by atoms with E-state index in [0.29, 0.717) is 31.6 Å². The maximum Gasteiger partial charge on any atom is 0.253 e. The molecule has 26 heavy (non-hydrogen) atoms.